The molecule has 0 saturated carbocycles. The van der Waals surface area contributed by atoms with E-state index in [1.54, 1.807) is 12.3 Å². The predicted octanol–water partition coefficient (Wildman–Crippen LogP) is 1.98. The molecule has 0 aromatic carbocycles. The first-order chi connectivity index (χ1) is 11.2. The normalized spacial score (nSPS) is 21.3. The number of alkyl halides is 3. The third-order valence-corrected chi connectivity index (χ3v) is 4.15. The summed E-state index contributed by atoms with van der Waals surface area (Å²) in [6.07, 6.45) is -4.44. The molecule has 2 rings (SSSR count). The van der Waals surface area contributed by atoms with Gasteiger partial charge in [0.2, 0.25) is 11.9 Å². The van der Waals surface area contributed by atoms with Gasteiger partial charge in [0.25, 0.3) is 0 Å². The standard InChI is InChI=1S/C15H22F3N5O/c1-9(2)10-7-23(14-20-6-4-12(19)22-14)8-11(10)21-13(24)3-5-15(16,17)18/h4,6,9-11H,3,5,7-8H2,1-2H3,(H,21,24)(H2,19,20,22). The fourth-order valence-electron chi connectivity index (χ4n) is 2.87. The van der Waals surface area contributed by atoms with Gasteiger partial charge in [-0.1, -0.05) is 13.8 Å². The minimum atomic E-state index is -4.33. The zero-order valence-electron chi connectivity index (χ0n) is 13.7. The van der Waals surface area contributed by atoms with E-state index < -0.39 is 24.9 Å². The number of nitrogens with two attached hydrogens (primary N) is 1. The maximum atomic E-state index is 12.2. The summed E-state index contributed by atoms with van der Waals surface area (Å²) in [6, 6.07) is 1.34. The van der Waals surface area contributed by atoms with Crippen molar-refractivity contribution in [3.8, 4) is 0 Å². The number of amides is 1. The Hall–Kier alpha value is -2.06. The third-order valence-electron chi connectivity index (χ3n) is 4.15. The van der Waals surface area contributed by atoms with Gasteiger partial charge in [0.05, 0.1) is 12.5 Å². The maximum absolute atomic E-state index is 12.2. The fourth-order valence-corrected chi connectivity index (χ4v) is 2.87. The first-order valence-corrected chi connectivity index (χ1v) is 7.85. The van der Waals surface area contributed by atoms with Gasteiger partial charge in [-0.2, -0.15) is 18.2 Å². The summed E-state index contributed by atoms with van der Waals surface area (Å²) in [5.41, 5.74) is 5.66. The molecule has 2 heterocycles. The first kappa shape index (κ1) is 18.3. The van der Waals surface area contributed by atoms with E-state index in [1.807, 2.05) is 18.7 Å². The van der Waals surface area contributed by atoms with Crippen molar-refractivity contribution in [2.45, 2.75) is 38.9 Å². The van der Waals surface area contributed by atoms with Crippen LogP contribution in [0, 0.1) is 11.8 Å². The number of carbonyl (C=O) groups excluding carboxylic acids is 1. The summed E-state index contributed by atoms with van der Waals surface area (Å²) in [5.74, 6) is 0.582. The molecule has 0 aliphatic carbocycles. The lowest BCUT2D eigenvalue weighted by molar-refractivity contribution is -0.144. The molecule has 1 aliphatic rings. The van der Waals surface area contributed by atoms with Crippen molar-refractivity contribution >= 4 is 17.7 Å². The van der Waals surface area contributed by atoms with Crippen LogP contribution in [0.3, 0.4) is 0 Å². The van der Waals surface area contributed by atoms with E-state index in [9.17, 15) is 18.0 Å². The molecule has 0 radical (unpaired) electrons. The Bertz CT molecular complexity index is 578. The summed E-state index contributed by atoms with van der Waals surface area (Å²) < 4.78 is 36.7. The van der Waals surface area contributed by atoms with Crippen LogP contribution in [0.5, 0.6) is 0 Å². The van der Waals surface area contributed by atoms with Crippen molar-refractivity contribution < 1.29 is 18.0 Å². The molecule has 3 N–H and O–H groups in total. The van der Waals surface area contributed by atoms with E-state index in [4.69, 9.17) is 5.73 Å². The highest BCUT2D eigenvalue weighted by Crippen LogP contribution is 2.28. The number of nitrogens with zero attached hydrogens (tertiary/aromatic N) is 3. The summed E-state index contributed by atoms with van der Waals surface area (Å²) >= 11 is 0. The number of hydrogen-bond donors (Lipinski definition) is 2. The topological polar surface area (TPSA) is 84.1 Å². The quantitative estimate of drug-likeness (QED) is 0.852. The molecule has 0 bridgehead atoms. The maximum Gasteiger partial charge on any atom is 0.389 e. The lowest BCUT2D eigenvalue weighted by atomic mass is 9.91. The van der Waals surface area contributed by atoms with Gasteiger partial charge in [-0.25, -0.2) is 4.98 Å². The number of nitrogen functional groups attached to an aromatic ring is 1. The van der Waals surface area contributed by atoms with Crippen LogP contribution < -0.4 is 16.0 Å². The Balaban J connectivity index is 2.01. The van der Waals surface area contributed by atoms with Crippen LogP contribution in [0.2, 0.25) is 0 Å². The molecule has 6 nitrogen and oxygen atoms in total. The number of hydrogen-bond acceptors (Lipinski definition) is 5. The van der Waals surface area contributed by atoms with Crippen LogP contribution in [-0.4, -0.2) is 41.2 Å². The SMILES string of the molecule is CC(C)C1CN(c2nccc(N)n2)CC1NC(=O)CCC(F)(F)F. The highest BCUT2D eigenvalue weighted by molar-refractivity contribution is 5.76. The number of aromatic nitrogens is 2. The fraction of sp³-hybridized carbons (Fsp3) is 0.667. The molecule has 1 fully saturated rings. The third kappa shape index (κ3) is 4.97. The lowest BCUT2D eigenvalue weighted by Gasteiger charge is -2.22. The second-order valence-electron chi connectivity index (χ2n) is 6.38. The van der Waals surface area contributed by atoms with Crippen LogP contribution in [0.15, 0.2) is 12.3 Å². The van der Waals surface area contributed by atoms with Gasteiger partial charge in [0.15, 0.2) is 0 Å². The molecule has 1 aromatic heterocycles. The van der Waals surface area contributed by atoms with E-state index >= 15 is 0 Å². The molecule has 9 heteroatoms. The minimum Gasteiger partial charge on any atom is -0.384 e. The van der Waals surface area contributed by atoms with Crippen molar-refractivity contribution in [3.05, 3.63) is 12.3 Å². The summed E-state index contributed by atoms with van der Waals surface area (Å²) in [4.78, 5) is 22.1. The van der Waals surface area contributed by atoms with Crippen molar-refractivity contribution in [1.29, 1.82) is 0 Å². The van der Waals surface area contributed by atoms with Gasteiger partial charge in [0.1, 0.15) is 5.82 Å². The van der Waals surface area contributed by atoms with Crippen LogP contribution in [0.1, 0.15) is 26.7 Å². The average molecular weight is 345 g/mol. The monoisotopic (exact) mass is 345 g/mol. The summed E-state index contributed by atoms with van der Waals surface area (Å²) in [6.45, 7) is 5.10. The van der Waals surface area contributed by atoms with Gasteiger partial charge in [-0.05, 0) is 12.0 Å². The van der Waals surface area contributed by atoms with Gasteiger partial charge >= 0.3 is 6.18 Å². The molecule has 1 saturated heterocycles. The Labute approximate surface area is 138 Å². The average Bonchev–Trinajstić information content (AvgIpc) is 2.88. The summed E-state index contributed by atoms with van der Waals surface area (Å²) in [7, 11) is 0. The molecule has 1 aromatic rings. The van der Waals surface area contributed by atoms with Crippen LogP contribution >= 0.6 is 0 Å². The number of halogens is 3. The molecular weight excluding hydrogens is 323 g/mol. The Morgan fingerprint density at radius 2 is 2.17 bits per heavy atom. The molecule has 1 aliphatic heterocycles. The molecule has 0 spiro atoms. The number of rotatable bonds is 5. The highest BCUT2D eigenvalue weighted by atomic mass is 19.4. The smallest absolute Gasteiger partial charge is 0.384 e. The molecule has 1 amide bonds. The predicted molar refractivity (Wildman–Crippen MR) is 84.2 cm³/mol. The Morgan fingerprint density at radius 3 is 2.75 bits per heavy atom. The van der Waals surface area contributed by atoms with Gasteiger partial charge in [0, 0.05) is 31.6 Å². The second-order valence-corrected chi connectivity index (χ2v) is 6.38. The zero-order chi connectivity index (χ0) is 17.9. The number of nitrogens with one attached hydrogen (secondary N) is 1. The number of carbonyl (C=O) groups is 1. The molecule has 2 unspecified atom stereocenters. The van der Waals surface area contributed by atoms with E-state index in [1.165, 1.54) is 0 Å². The Kier molecular flexibility index (Phi) is 5.51. The van der Waals surface area contributed by atoms with Crippen molar-refractivity contribution in [2.24, 2.45) is 11.8 Å². The van der Waals surface area contributed by atoms with Crippen molar-refractivity contribution in [1.82, 2.24) is 15.3 Å². The van der Waals surface area contributed by atoms with Gasteiger partial charge in [-0.15, -0.1) is 0 Å². The van der Waals surface area contributed by atoms with Crippen LogP contribution in [-0.2, 0) is 4.79 Å². The van der Waals surface area contributed by atoms with E-state index in [2.05, 4.69) is 15.3 Å². The second kappa shape index (κ2) is 7.23. The van der Waals surface area contributed by atoms with Gasteiger partial charge < -0.3 is 16.0 Å². The minimum absolute atomic E-state index is 0.102. The van der Waals surface area contributed by atoms with Crippen molar-refractivity contribution in [3.63, 3.8) is 0 Å². The highest BCUT2D eigenvalue weighted by Gasteiger charge is 2.37. The van der Waals surface area contributed by atoms with E-state index in [0.717, 1.165) is 0 Å². The Morgan fingerprint density at radius 1 is 1.46 bits per heavy atom. The molecule has 134 valence electrons. The first-order valence-electron chi connectivity index (χ1n) is 7.85. The lowest BCUT2D eigenvalue weighted by Crippen LogP contribution is -2.42. The molecular formula is C15H22F3N5O. The van der Waals surface area contributed by atoms with Crippen LogP contribution in [0.25, 0.3) is 0 Å². The molecule has 2 atom stereocenters. The van der Waals surface area contributed by atoms with E-state index in [0.29, 0.717) is 24.9 Å². The van der Waals surface area contributed by atoms with E-state index in [-0.39, 0.29) is 17.9 Å². The zero-order valence-corrected chi connectivity index (χ0v) is 13.7. The number of anilines is 2. The van der Waals surface area contributed by atoms with Crippen LogP contribution in [0.4, 0.5) is 24.9 Å². The van der Waals surface area contributed by atoms with Crippen molar-refractivity contribution in [2.75, 3.05) is 23.7 Å². The largest absolute Gasteiger partial charge is 0.389 e. The summed E-state index contributed by atoms with van der Waals surface area (Å²) in [5, 5.41) is 2.73. The molecule has 24 heavy (non-hydrogen) atoms. The van der Waals surface area contributed by atoms with Gasteiger partial charge in [-0.3, -0.25) is 4.79 Å².